The fraction of sp³-hybridized carbons (Fsp3) is 0.0455. The van der Waals surface area contributed by atoms with Gasteiger partial charge in [-0.25, -0.2) is 8.42 Å². The van der Waals surface area contributed by atoms with Gasteiger partial charge in [-0.3, -0.25) is 9.71 Å². The number of methoxy groups -OCH3 is 1. The highest BCUT2D eigenvalue weighted by molar-refractivity contribution is 7.92. The third-order valence-electron chi connectivity index (χ3n) is 4.41. The molecule has 1 aromatic heterocycles. The van der Waals surface area contributed by atoms with Crippen molar-refractivity contribution >= 4 is 26.6 Å². The molecular weight excluding hydrogens is 372 g/mol. The molecule has 0 aliphatic heterocycles. The van der Waals surface area contributed by atoms with Gasteiger partial charge in [0.15, 0.2) is 0 Å². The Morgan fingerprint density at radius 1 is 0.893 bits per heavy atom. The lowest BCUT2D eigenvalue weighted by Crippen LogP contribution is -2.14. The summed E-state index contributed by atoms with van der Waals surface area (Å²) in [5.74, 6) is 0.469. The molecule has 4 aromatic rings. The zero-order valence-electron chi connectivity index (χ0n) is 15.2. The molecule has 5 nitrogen and oxygen atoms in total. The van der Waals surface area contributed by atoms with E-state index in [4.69, 9.17) is 4.74 Å². The minimum atomic E-state index is -3.86. The molecule has 0 atom stereocenters. The number of nitrogens with zero attached hydrogens (tertiary/aromatic N) is 1. The Kier molecular flexibility index (Phi) is 4.71. The topological polar surface area (TPSA) is 68.3 Å². The van der Waals surface area contributed by atoms with Crippen LogP contribution in [0.4, 0.5) is 5.69 Å². The van der Waals surface area contributed by atoms with Gasteiger partial charge in [0.2, 0.25) is 0 Å². The summed E-state index contributed by atoms with van der Waals surface area (Å²) in [6, 6.07) is 23.7. The maximum atomic E-state index is 13.2. The molecule has 0 saturated heterocycles. The number of sulfonamides is 1. The quantitative estimate of drug-likeness (QED) is 0.536. The molecule has 1 N–H and O–H groups in total. The summed E-state index contributed by atoms with van der Waals surface area (Å²) in [5.41, 5.74) is 2.61. The van der Waals surface area contributed by atoms with E-state index >= 15 is 0 Å². The van der Waals surface area contributed by atoms with E-state index in [0.717, 1.165) is 16.5 Å². The smallest absolute Gasteiger partial charge is 0.262 e. The summed E-state index contributed by atoms with van der Waals surface area (Å²) in [6.45, 7) is 0. The van der Waals surface area contributed by atoms with Crippen LogP contribution in [0.15, 0.2) is 90.0 Å². The molecule has 3 aromatic carbocycles. The van der Waals surface area contributed by atoms with Crippen molar-refractivity contribution in [3.05, 3.63) is 85.1 Å². The predicted octanol–water partition coefficient (Wildman–Crippen LogP) is 4.71. The average molecular weight is 390 g/mol. The maximum Gasteiger partial charge on any atom is 0.262 e. The predicted molar refractivity (Wildman–Crippen MR) is 111 cm³/mol. The van der Waals surface area contributed by atoms with Crippen molar-refractivity contribution < 1.29 is 13.2 Å². The first-order valence-electron chi connectivity index (χ1n) is 8.68. The van der Waals surface area contributed by atoms with Crippen molar-refractivity contribution in [2.45, 2.75) is 4.90 Å². The van der Waals surface area contributed by atoms with E-state index in [0.29, 0.717) is 17.0 Å². The summed E-state index contributed by atoms with van der Waals surface area (Å²) in [6.07, 6.45) is 1.52. The summed E-state index contributed by atoms with van der Waals surface area (Å²) in [7, 11) is -2.35. The highest BCUT2D eigenvalue weighted by Gasteiger charge is 2.21. The van der Waals surface area contributed by atoms with Crippen LogP contribution < -0.4 is 9.46 Å². The Labute approximate surface area is 163 Å². The van der Waals surface area contributed by atoms with Gasteiger partial charge in [0.1, 0.15) is 5.75 Å². The summed E-state index contributed by atoms with van der Waals surface area (Å²) in [5, 5.41) is 0.858. The highest BCUT2D eigenvalue weighted by atomic mass is 32.2. The van der Waals surface area contributed by atoms with Crippen LogP contribution in [0, 0.1) is 0 Å². The molecule has 1 heterocycles. The van der Waals surface area contributed by atoms with Crippen LogP contribution in [0.2, 0.25) is 0 Å². The van der Waals surface area contributed by atoms with Crippen molar-refractivity contribution in [2.24, 2.45) is 0 Å². The third-order valence-corrected chi connectivity index (χ3v) is 5.83. The van der Waals surface area contributed by atoms with E-state index in [9.17, 15) is 8.42 Å². The minimum Gasteiger partial charge on any atom is -0.497 e. The van der Waals surface area contributed by atoms with Gasteiger partial charge >= 0.3 is 0 Å². The molecule has 4 rings (SSSR count). The highest BCUT2D eigenvalue weighted by Crippen LogP contribution is 2.32. The fourth-order valence-electron chi connectivity index (χ4n) is 3.05. The second-order valence-corrected chi connectivity index (χ2v) is 7.90. The Morgan fingerprint density at radius 3 is 2.43 bits per heavy atom. The van der Waals surface area contributed by atoms with Gasteiger partial charge in [-0.05, 0) is 29.8 Å². The first-order valence-corrected chi connectivity index (χ1v) is 10.2. The van der Waals surface area contributed by atoms with Crippen molar-refractivity contribution in [2.75, 3.05) is 11.8 Å². The zero-order valence-corrected chi connectivity index (χ0v) is 16.0. The van der Waals surface area contributed by atoms with Crippen molar-refractivity contribution in [3.8, 4) is 16.9 Å². The number of aromatic nitrogens is 1. The van der Waals surface area contributed by atoms with E-state index in [-0.39, 0.29) is 4.90 Å². The summed E-state index contributed by atoms with van der Waals surface area (Å²) in [4.78, 5) is 4.47. The van der Waals surface area contributed by atoms with E-state index in [1.54, 1.807) is 18.2 Å². The molecule has 0 radical (unpaired) electrons. The van der Waals surface area contributed by atoms with Gasteiger partial charge in [0, 0.05) is 17.0 Å². The lowest BCUT2D eigenvalue weighted by molar-refractivity contribution is 0.413. The van der Waals surface area contributed by atoms with Gasteiger partial charge in [-0.1, -0.05) is 48.5 Å². The number of benzene rings is 3. The van der Waals surface area contributed by atoms with E-state index in [2.05, 4.69) is 9.71 Å². The first kappa shape index (κ1) is 18.0. The molecule has 0 unspecified atom stereocenters. The summed E-state index contributed by atoms with van der Waals surface area (Å²) < 4.78 is 34.3. The number of fused-ring (bicyclic) bond motifs is 1. The molecule has 0 spiro atoms. The van der Waals surface area contributed by atoms with Crippen LogP contribution in [-0.4, -0.2) is 20.5 Å². The number of hydrogen-bond acceptors (Lipinski definition) is 4. The molecule has 6 heteroatoms. The molecule has 0 aliphatic carbocycles. The number of para-hydroxylation sites is 1. The molecule has 0 aliphatic rings. The van der Waals surface area contributed by atoms with Crippen LogP contribution >= 0.6 is 0 Å². The maximum absolute atomic E-state index is 13.2. The number of rotatable bonds is 5. The molecule has 0 saturated carbocycles. The minimum absolute atomic E-state index is 0.145. The van der Waals surface area contributed by atoms with Crippen molar-refractivity contribution in [1.29, 1.82) is 0 Å². The van der Waals surface area contributed by atoms with E-state index < -0.39 is 10.0 Å². The zero-order chi connectivity index (χ0) is 19.6. The second-order valence-electron chi connectivity index (χ2n) is 6.25. The summed E-state index contributed by atoms with van der Waals surface area (Å²) >= 11 is 0. The Bertz CT molecular complexity index is 1240. The number of hydrogen-bond donors (Lipinski definition) is 1. The van der Waals surface area contributed by atoms with Crippen LogP contribution in [0.3, 0.4) is 0 Å². The number of nitrogens with one attached hydrogen (secondary N) is 1. The third kappa shape index (κ3) is 3.54. The Balaban J connectivity index is 1.79. The SMILES string of the molecule is COc1ccc(-c2ccccc2)c(S(=O)(=O)Nc2cnc3ccccc3c2)c1. The molecule has 140 valence electrons. The standard InChI is InChI=1S/C22H18N2O3S/c1-27-19-11-12-20(16-7-3-2-4-8-16)22(14-19)28(25,26)24-18-13-17-9-5-6-10-21(17)23-15-18/h2-15,24H,1H3. The van der Waals surface area contributed by atoms with Crippen LogP contribution in [0.1, 0.15) is 0 Å². The molecule has 0 fully saturated rings. The molecule has 0 amide bonds. The monoisotopic (exact) mass is 390 g/mol. The number of anilines is 1. The van der Waals surface area contributed by atoms with E-state index in [1.165, 1.54) is 19.4 Å². The average Bonchev–Trinajstić information content (AvgIpc) is 2.73. The van der Waals surface area contributed by atoms with Gasteiger partial charge in [0.05, 0.1) is 29.4 Å². The number of ether oxygens (including phenoxy) is 1. The fourth-order valence-corrected chi connectivity index (χ4v) is 4.32. The van der Waals surface area contributed by atoms with Crippen molar-refractivity contribution in [1.82, 2.24) is 4.98 Å². The second kappa shape index (κ2) is 7.32. The van der Waals surface area contributed by atoms with Crippen LogP contribution in [-0.2, 0) is 10.0 Å². The van der Waals surface area contributed by atoms with Gasteiger partial charge < -0.3 is 4.74 Å². The van der Waals surface area contributed by atoms with E-state index in [1.807, 2.05) is 54.6 Å². The van der Waals surface area contributed by atoms with Crippen LogP contribution in [0.5, 0.6) is 5.75 Å². The molecule has 28 heavy (non-hydrogen) atoms. The number of pyridine rings is 1. The van der Waals surface area contributed by atoms with Crippen LogP contribution in [0.25, 0.3) is 22.0 Å². The van der Waals surface area contributed by atoms with Crippen molar-refractivity contribution in [3.63, 3.8) is 0 Å². The van der Waals surface area contributed by atoms with Gasteiger partial charge in [-0.15, -0.1) is 0 Å². The largest absolute Gasteiger partial charge is 0.497 e. The molecule has 0 bridgehead atoms. The normalized spacial score (nSPS) is 11.3. The Hall–Kier alpha value is -3.38. The lowest BCUT2D eigenvalue weighted by atomic mass is 10.1. The van der Waals surface area contributed by atoms with Gasteiger partial charge in [-0.2, -0.15) is 0 Å². The first-order chi connectivity index (χ1) is 13.6. The van der Waals surface area contributed by atoms with Gasteiger partial charge in [0.25, 0.3) is 10.0 Å². The molecular formula is C22H18N2O3S. The Morgan fingerprint density at radius 2 is 1.64 bits per heavy atom. The lowest BCUT2D eigenvalue weighted by Gasteiger charge is -2.14.